The van der Waals surface area contributed by atoms with Crippen LogP contribution >= 0.6 is 15.9 Å². The number of hydrogen-bond acceptors (Lipinski definition) is 3. The second kappa shape index (κ2) is 6.86. The van der Waals surface area contributed by atoms with Gasteiger partial charge in [0.2, 0.25) is 5.82 Å². The van der Waals surface area contributed by atoms with E-state index < -0.39 is 40.7 Å². The van der Waals surface area contributed by atoms with Crippen LogP contribution in [-0.4, -0.2) is 25.5 Å². The van der Waals surface area contributed by atoms with Crippen molar-refractivity contribution in [2.24, 2.45) is 0 Å². The smallest absolute Gasteiger partial charge is 0.276 e. The van der Waals surface area contributed by atoms with Gasteiger partial charge in [0.05, 0.1) is 10.7 Å². The van der Waals surface area contributed by atoms with E-state index in [4.69, 9.17) is 0 Å². The molecule has 1 aromatic carbocycles. The molecule has 1 N–H and O–H groups in total. The Morgan fingerprint density at radius 2 is 1.65 bits per heavy atom. The van der Waals surface area contributed by atoms with E-state index in [9.17, 15) is 26.7 Å². The fourth-order valence-corrected chi connectivity index (χ4v) is 2.35. The Hall–Kier alpha value is -2.76. The van der Waals surface area contributed by atoms with Gasteiger partial charge >= 0.3 is 0 Å². The highest BCUT2D eigenvalue weighted by molar-refractivity contribution is 9.10. The average molecular weight is 436 g/mol. The van der Waals surface area contributed by atoms with Crippen molar-refractivity contribution in [2.45, 2.75) is 6.67 Å². The maximum atomic E-state index is 13.6. The summed E-state index contributed by atoms with van der Waals surface area (Å²) in [6.07, 6.45) is 4.54. The molecule has 0 saturated carbocycles. The van der Waals surface area contributed by atoms with Crippen LogP contribution < -0.4 is 5.32 Å². The molecule has 136 valence electrons. The number of rotatable bonds is 4. The van der Waals surface area contributed by atoms with Crippen molar-refractivity contribution < 1.29 is 26.7 Å². The Balaban J connectivity index is 1.81. The fourth-order valence-electron chi connectivity index (χ4n) is 2.02. The number of amides is 1. The Morgan fingerprint density at radius 1 is 1.04 bits per heavy atom. The second-order valence-corrected chi connectivity index (χ2v) is 5.89. The van der Waals surface area contributed by atoms with Crippen LogP contribution in [0.2, 0.25) is 0 Å². The molecule has 0 spiro atoms. The van der Waals surface area contributed by atoms with E-state index in [1.54, 1.807) is 11.5 Å². The lowest BCUT2D eigenvalue weighted by molar-refractivity contribution is 0.102. The predicted molar refractivity (Wildman–Crippen MR) is 81.7 cm³/mol. The zero-order valence-corrected chi connectivity index (χ0v) is 14.1. The van der Waals surface area contributed by atoms with E-state index in [-0.39, 0.29) is 12.4 Å². The first-order chi connectivity index (χ1) is 12.3. The first-order valence-corrected chi connectivity index (χ1v) is 7.61. The molecule has 0 radical (unpaired) electrons. The third kappa shape index (κ3) is 3.31. The quantitative estimate of drug-likeness (QED) is 0.388. The first-order valence-electron chi connectivity index (χ1n) is 6.82. The van der Waals surface area contributed by atoms with E-state index in [2.05, 4.69) is 26.1 Å². The summed E-state index contributed by atoms with van der Waals surface area (Å²) in [6, 6.07) is 1.21. The number of halogens is 6. The molecule has 3 aromatic rings. The zero-order valence-electron chi connectivity index (χ0n) is 12.5. The van der Waals surface area contributed by atoms with Crippen molar-refractivity contribution in [3.05, 3.63) is 63.9 Å². The minimum Gasteiger partial charge on any atom is -0.315 e. The molecule has 3 rings (SSSR count). The Bertz CT molecular complexity index is 973. The average Bonchev–Trinajstić information content (AvgIpc) is 3.24. The van der Waals surface area contributed by atoms with Crippen molar-refractivity contribution in [3.63, 3.8) is 0 Å². The van der Waals surface area contributed by atoms with Crippen LogP contribution in [0.25, 0.3) is 0 Å². The van der Waals surface area contributed by atoms with E-state index >= 15 is 0 Å². The van der Waals surface area contributed by atoms with Gasteiger partial charge in [-0.05, 0) is 22.0 Å². The van der Waals surface area contributed by atoms with Crippen LogP contribution in [-0.2, 0) is 6.67 Å². The number of carbonyl (C=O) groups is 1. The lowest BCUT2D eigenvalue weighted by atomic mass is 10.2. The largest absolute Gasteiger partial charge is 0.315 e. The highest BCUT2D eigenvalue weighted by atomic mass is 79.9. The molecule has 0 bridgehead atoms. The first kappa shape index (κ1) is 18.0. The van der Waals surface area contributed by atoms with E-state index in [0.29, 0.717) is 4.47 Å². The molecule has 0 atom stereocenters. The van der Waals surface area contributed by atoms with Gasteiger partial charge in [-0.2, -0.15) is 10.2 Å². The maximum Gasteiger partial charge on any atom is 0.276 e. The monoisotopic (exact) mass is 435 g/mol. The topological polar surface area (TPSA) is 64.7 Å². The van der Waals surface area contributed by atoms with Crippen LogP contribution in [0.1, 0.15) is 10.5 Å². The SMILES string of the molecule is O=C(Nc1c(F)c(F)c(F)c(F)c1F)c1ccn(Cn2cc(Br)cn2)n1. The predicted octanol–water partition coefficient (Wildman–Crippen LogP) is 3.30. The van der Waals surface area contributed by atoms with Crippen LogP contribution in [0.15, 0.2) is 29.1 Å². The summed E-state index contributed by atoms with van der Waals surface area (Å²) in [5.74, 6) is -12.1. The lowest BCUT2D eigenvalue weighted by Crippen LogP contribution is -2.18. The van der Waals surface area contributed by atoms with Gasteiger partial charge in [-0.3, -0.25) is 9.48 Å². The fraction of sp³-hybridized carbons (Fsp3) is 0.0714. The maximum absolute atomic E-state index is 13.6. The molecule has 2 heterocycles. The van der Waals surface area contributed by atoms with Crippen LogP contribution in [0.3, 0.4) is 0 Å². The standard InChI is InChI=1S/C14H7BrF5N5O/c15-6-3-21-25(4-6)5-24-2-1-7(23-24)14(26)22-13-11(19)9(17)8(16)10(18)12(13)20/h1-4H,5H2,(H,22,26). The van der Waals surface area contributed by atoms with E-state index in [1.165, 1.54) is 27.8 Å². The van der Waals surface area contributed by atoms with Crippen molar-refractivity contribution >= 4 is 27.5 Å². The van der Waals surface area contributed by atoms with E-state index in [0.717, 1.165) is 0 Å². The molecular formula is C14H7BrF5N5O. The molecule has 2 aromatic heterocycles. The van der Waals surface area contributed by atoms with Gasteiger partial charge in [-0.25, -0.2) is 26.6 Å². The zero-order chi connectivity index (χ0) is 19.0. The summed E-state index contributed by atoms with van der Waals surface area (Å²) < 4.78 is 70.0. The molecule has 0 aliphatic heterocycles. The molecule has 0 fully saturated rings. The summed E-state index contributed by atoms with van der Waals surface area (Å²) in [6.45, 7) is 0.126. The van der Waals surface area contributed by atoms with Gasteiger partial charge in [0, 0.05) is 12.4 Å². The number of nitrogens with zero attached hydrogens (tertiary/aromatic N) is 4. The molecule has 0 unspecified atom stereocenters. The normalized spacial score (nSPS) is 11.0. The highest BCUT2D eigenvalue weighted by Gasteiger charge is 2.27. The second-order valence-electron chi connectivity index (χ2n) is 4.98. The molecule has 1 amide bonds. The Kier molecular flexibility index (Phi) is 4.76. The van der Waals surface area contributed by atoms with Crippen molar-refractivity contribution in [1.82, 2.24) is 19.6 Å². The van der Waals surface area contributed by atoms with Gasteiger partial charge in [0.25, 0.3) is 5.91 Å². The molecule has 0 aliphatic rings. The number of nitrogens with one attached hydrogen (secondary N) is 1. The minimum absolute atomic E-state index is 0.126. The van der Waals surface area contributed by atoms with Crippen LogP contribution in [0, 0.1) is 29.1 Å². The third-order valence-corrected chi connectivity index (χ3v) is 3.62. The summed E-state index contributed by atoms with van der Waals surface area (Å²) in [5, 5.41) is 9.47. The van der Waals surface area contributed by atoms with Crippen LogP contribution in [0.5, 0.6) is 0 Å². The number of hydrogen-bond donors (Lipinski definition) is 1. The Labute approximate surface area is 150 Å². The van der Waals surface area contributed by atoms with Gasteiger partial charge < -0.3 is 5.32 Å². The summed E-state index contributed by atoms with van der Waals surface area (Å²) in [7, 11) is 0. The van der Waals surface area contributed by atoms with Crippen molar-refractivity contribution in [1.29, 1.82) is 0 Å². The lowest BCUT2D eigenvalue weighted by Gasteiger charge is -2.08. The summed E-state index contributed by atoms with van der Waals surface area (Å²) >= 11 is 3.21. The molecular weight excluding hydrogens is 429 g/mol. The molecule has 12 heteroatoms. The highest BCUT2D eigenvalue weighted by Crippen LogP contribution is 2.27. The molecule has 0 aliphatic carbocycles. The summed E-state index contributed by atoms with van der Waals surface area (Å²) in [4.78, 5) is 12.0. The number of carbonyl (C=O) groups excluding carboxylic acids is 1. The van der Waals surface area contributed by atoms with Gasteiger partial charge in [0.1, 0.15) is 12.4 Å². The summed E-state index contributed by atoms with van der Waals surface area (Å²) in [5.41, 5.74) is -1.74. The molecule has 0 saturated heterocycles. The number of benzene rings is 1. The Morgan fingerprint density at radius 3 is 2.23 bits per heavy atom. The number of anilines is 1. The minimum atomic E-state index is -2.31. The van der Waals surface area contributed by atoms with Crippen molar-refractivity contribution in [3.8, 4) is 0 Å². The van der Waals surface area contributed by atoms with Gasteiger partial charge in [0.15, 0.2) is 29.0 Å². The van der Waals surface area contributed by atoms with Crippen molar-refractivity contribution in [2.75, 3.05) is 5.32 Å². The van der Waals surface area contributed by atoms with E-state index in [1.807, 2.05) is 0 Å². The molecule has 6 nitrogen and oxygen atoms in total. The van der Waals surface area contributed by atoms with Crippen LogP contribution in [0.4, 0.5) is 27.6 Å². The van der Waals surface area contributed by atoms with Gasteiger partial charge in [-0.1, -0.05) is 0 Å². The van der Waals surface area contributed by atoms with Gasteiger partial charge in [-0.15, -0.1) is 0 Å². The molecule has 26 heavy (non-hydrogen) atoms. The number of aromatic nitrogens is 4. The third-order valence-electron chi connectivity index (χ3n) is 3.21.